The summed E-state index contributed by atoms with van der Waals surface area (Å²) in [4.78, 5) is 20.0. The van der Waals surface area contributed by atoms with Crippen molar-refractivity contribution in [2.24, 2.45) is 0 Å². The Morgan fingerprint density at radius 1 is 0.765 bits per heavy atom. The minimum atomic E-state index is -0.187. The van der Waals surface area contributed by atoms with Crippen LogP contribution in [0.3, 0.4) is 0 Å². The summed E-state index contributed by atoms with van der Waals surface area (Å²) in [6.45, 7) is 5.39. The van der Waals surface area contributed by atoms with Crippen LogP contribution in [-0.2, 0) is 26.7 Å². The van der Waals surface area contributed by atoms with Crippen molar-refractivity contribution >= 4 is 11.6 Å². The van der Waals surface area contributed by atoms with Crippen molar-refractivity contribution < 1.29 is 47.8 Å². The van der Waals surface area contributed by atoms with Gasteiger partial charge in [0.05, 0.1) is 0 Å². The maximum atomic E-state index is 9.98. The standard InChI is InChI=1S/2C5H8O2.Mn.2H2O/c2*1-4(6)3-5(2)7;;;/h2*3,6H,1-2H3;;2*1H2/q;;+2;;/p-2/b2*4-3+;;;. The molecular formula is C10H18MnO6. The molecule has 0 spiro atoms. The molecule has 0 aliphatic carbocycles. The summed E-state index contributed by atoms with van der Waals surface area (Å²) in [6.07, 6.45) is 2.11. The van der Waals surface area contributed by atoms with E-state index in [-0.39, 0.29) is 51.1 Å². The van der Waals surface area contributed by atoms with Crippen LogP contribution in [0.5, 0.6) is 0 Å². The fourth-order valence-electron chi connectivity index (χ4n) is 0.572. The van der Waals surface area contributed by atoms with E-state index in [1.807, 2.05) is 0 Å². The first-order valence-electron chi connectivity index (χ1n) is 3.97. The maximum absolute atomic E-state index is 9.98. The molecule has 0 atom stereocenters. The molecule has 6 nitrogen and oxygen atoms in total. The first kappa shape index (κ1) is 29.7. The Hall–Kier alpha value is -1.14. The van der Waals surface area contributed by atoms with Crippen molar-refractivity contribution in [2.45, 2.75) is 27.7 Å². The van der Waals surface area contributed by atoms with Crippen molar-refractivity contribution in [3.8, 4) is 0 Å². The van der Waals surface area contributed by atoms with Gasteiger partial charge >= 0.3 is 17.1 Å². The van der Waals surface area contributed by atoms with E-state index >= 15 is 0 Å². The molecule has 0 aromatic carbocycles. The van der Waals surface area contributed by atoms with Gasteiger partial charge in [-0.2, -0.15) is 0 Å². The van der Waals surface area contributed by atoms with Gasteiger partial charge in [0, 0.05) is 0 Å². The summed E-state index contributed by atoms with van der Waals surface area (Å²) in [6, 6.07) is 0. The van der Waals surface area contributed by atoms with Crippen molar-refractivity contribution in [1.82, 2.24) is 0 Å². The fourth-order valence-corrected chi connectivity index (χ4v) is 0.572. The summed E-state index contributed by atoms with van der Waals surface area (Å²) < 4.78 is 0. The average molecular weight is 289 g/mol. The summed E-state index contributed by atoms with van der Waals surface area (Å²) in [5, 5.41) is 20.0. The van der Waals surface area contributed by atoms with E-state index in [0.717, 1.165) is 12.2 Å². The summed E-state index contributed by atoms with van der Waals surface area (Å²) in [5.41, 5.74) is 0. The molecule has 0 heterocycles. The second kappa shape index (κ2) is 17.3. The Morgan fingerprint density at radius 3 is 0.941 bits per heavy atom. The second-order valence-electron chi connectivity index (χ2n) is 2.73. The first-order valence-corrected chi connectivity index (χ1v) is 3.97. The maximum Gasteiger partial charge on any atom is 2.00 e. The molecule has 17 heavy (non-hydrogen) atoms. The normalized spacial score (nSPS) is 9.41. The molecule has 1 radical (unpaired) electrons. The van der Waals surface area contributed by atoms with Crippen molar-refractivity contribution in [3.05, 3.63) is 23.7 Å². The van der Waals surface area contributed by atoms with Crippen LogP contribution >= 0.6 is 0 Å². The van der Waals surface area contributed by atoms with E-state index in [4.69, 9.17) is 0 Å². The molecular weight excluding hydrogens is 271 g/mol. The van der Waals surface area contributed by atoms with Crippen LogP contribution in [0.15, 0.2) is 23.7 Å². The van der Waals surface area contributed by atoms with Crippen molar-refractivity contribution in [1.29, 1.82) is 0 Å². The average Bonchev–Trinajstić information content (AvgIpc) is 1.79. The predicted octanol–water partition coefficient (Wildman–Crippen LogP) is -1.97. The van der Waals surface area contributed by atoms with Crippen molar-refractivity contribution in [3.63, 3.8) is 0 Å². The van der Waals surface area contributed by atoms with Crippen LogP contribution in [0.2, 0.25) is 0 Å². The zero-order chi connectivity index (χ0) is 11.7. The third-order valence-corrected chi connectivity index (χ3v) is 0.813. The molecule has 0 aromatic rings. The molecule has 0 saturated heterocycles. The van der Waals surface area contributed by atoms with E-state index in [0.29, 0.717) is 0 Å². The first-order chi connectivity index (χ1) is 6.25. The van der Waals surface area contributed by atoms with Crippen LogP contribution in [0.25, 0.3) is 0 Å². The predicted molar refractivity (Wildman–Crippen MR) is 56.1 cm³/mol. The largest absolute Gasteiger partial charge is 2.00 e. The number of rotatable bonds is 2. The smallest absolute Gasteiger partial charge is 0.876 e. The zero-order valence-electron chi connectivity index (χ0n) is 10.2. The van der Waals surface area contributed by atoms with Crippen LogP contribution in [0.1, 0.15) is 27.7 Å². The zero-order valence-corrected chi connectivity index (χ0v) is 11.3. The van der Waals surface area contributed by atoms with E-state index in [2.05, 4.69) is 0 Å². The van der Waals surface area contributed by atoms with Gasteiger partial charge in [-0.1, -0.05) is 13.8 Å². The number of ketones is 2. The monoisotopic (exact) mass is 289 g/mol. The van der Waals surface area contributed by atoms with Gasteiger partial charge in [0.15, 0.2) is 11.6 Å². The third-order valence-electron chi connectivity index (χ3n) is 0.813. The Balaban J connectivity index is -0.0000000480. The van der Waals surface area contributed by atoms with Gasteiger partial charge in [0.2, 0.25) is 0 Å². The minimum Gasteiger partial charge on any atom is -0.876 e. The Kier molecular flexibility index (Phi) is 30.1. The summed E-state index contributed by atoms with van der Waals surface area (Å²) in [7, 11) is 0. The molecule has 0 aromatic heterocycles. The van der Waals surface area contributed by atoms with Crippen LogP contribution in [0, 0.1) is 0 Å². The molecule has 0 fully saturated rings. The molecule has 0 saturated carbocycles. The minimum absolute atomic E-state index is 0. The Morgan fingerprint density at radius 2 is 0.941 bits per heavy atom. The number of carbonyl (C=O) groups is 2. The van der Waals surface area contributed by atoms with E-state index in [1.54, 1.807) is 0 Å². The molecule has 0 bridgehead atoms. The molecule has 7 heteroatoms. The van der Waals surface area contributed by atoms with E-state index in [9.17, 15) is 19.8 Å². The topological polar surface area (TPSA) is 143 Å². The molecule has 0 aliphatic rings. The van der Waals surface area contributed by atoms with Gasteiger partial charge in [-0.25, -0.2) is 0 Å². The number of hydrogen-bond donors (Lipinski definition) is 0. The quantitative estimate of drug-likeness (QED) is 0.330. The number of carbonyl (C=O) groups excluding carboxylic acids is 2. The van der Waals surface area contributed by atoms with Gasteiger partial charge in [-0.3, -0.25) is 9.59 Å². The third kappa shape index (κ3) is 52.2. The Labute approximate surface area is 111 Å². The molecule has 0 unspecified atom stereocenters. The van der Waals surface area contributed by atoms with E-state index in [1.165, 1.54) is 27.7 Å². The van der Waals surface area contributed by atoms with Gasteiger partial charge in [-0.15, -0.1) is 11.5 Å². The van der Waals surface area contributed by atoms with Gasteiger partial charge < -0.3 is 21.2 Å². The van der Waals surface area contributed by atoms with Crippen LogP contribution < -0.4 is 10.2 Å². The van der Waals surface area contributed by atoms with E-state index < -0.39 is 0 Å². The van der Waals surface area contributed by atoms with Crippen molar-refractivity contribution in [2.75, 3.05) is 0 Å². The molecule has 0 amide bonds. The molecule has 0 rings (SSSR count). The second-order valence-corrected chi connectivity index (χ2v) is 2.73. The Bertz CT molecular complexity index is 234. The molecule has 0 aliphatic heterocycles. The van der Waals surface area contributed by atoms with Gasteiger partial charge in [0.1, 0.15) is 0 Å². The fraction of sp³-hybridized carbons (Fsp3) is 0.400. The molecule has 4 N–H and O–H groups in total. The number of hydrogen-bond acceptors (Lipinski definition) is 4. The van der Waals surface area contributed by atoms with Crippen LogP contribution in [-0.4, -0.2) is 22.5 Å². The number of allylic oxidation sites excluding steroid dienone is 4. The van der Waals surface area contributed by atoms with Crippen LogP contribution in [0.4, 0.5) is 0 Å². The summed E-state index contributed by atoms with van der Waals surface area (Å²) in [5.74, 6) is -0.750. The molecule has 101 valence electrons. The summed E-state index contributed by atoms with van der Waals surface area (Å²) >= 11 is 0. The van der Waals surface area contributed by atoms with Gasteiger partial charge in [0.25, 0.3) is 0 Å². The van der Waals surface area contributed by atoms with Gasteiger partial charge in [-0.05, 0) is 26.0 Å². The SMILES string of the molecule is CC(=O)/C=C(\C)[O-].CC(=O)/C=C(\C)[O-].O.O.[Mn+2].